The predicted molar refractivity (Wildman–Crippen MR) is 72.4 cm³/mol. The molecule has 17 heavy (non-hydrogen) atoms. The van der Waals surface area contributed by atoms with Crippen molar-refractivity contribution in [2.24, 2.45) is 11.7 Å². The Bertz CT molecular complexity index is 326. The highest BCUT2D eigenvalue weighted by Gasteiger charge is 2.07. The van der Waals surface area contributed by atoms with E-state index in [0.29, 0.717) is 12.5 Å². The smallest absolute Gasteiger partial charge is 0.122 e. The number of para-hydroxylation sites is 1. The van der Waals surface area contributed by atoms with E-state index in [2.05, 4.69) is 32.0 Å². The van der Waals surface area contributed by atoms with Gasteiger partial charge in [0.2, 0.25) is 0 Å². The minimum absolute atomic E-state index is 0.524. The van der Waals surface area contributed by atoms with E-state index in [9.17, 15) is 0 Å². The summed E-state index contributed by atoms with van der Waals surface area (Å²) in [5.41, 5.74) is 6.79. The van der Waals surface area contributed by atoms with E-state index in [1.807, 2.05) is 18.2 Å². The van der Waals surface area contributed by atoms with E-state index in [1.165, 1.54) is 5.56 Å². The van der Waals surface area contributed by atoms with Crippen LogP contribution >= 0.6 is 0 Å². The highest BCUT2D eigenvalue weighted by atomic mass is 16.5. The van der Waals surface area contributed by atoms with Crippen LogP contribution in [0.15, 0.2) is 24.3 Å². The lowest BCUT2D eigenvalue weighted by molar-refractivity contribution is 0.221. The van der Waals surface area contributed by atoms with Crippen molar-refractivity contribution in [3.8, 4) is 5.75 Å². The van der Waals surface area contributed by atoms with Gasteiger partial charge in [-0.05, 0) is 38.7 Å². The highest BCUT2D eigenvalue weighted by Crippen LogP contribution is 2.18. The Kier molecular flexibility index (Phi) is 6.01. The van der Waals surface area contributed by atoms with Crippen LogP contribution in [0.4, 0.5) is 0 Å². The van der Waals surface area contributed by atoms with E-state index in [0.717, 1.165) is 25.3 Å². The lowest BCUT2D eigenvalue weighted by Gasteiger charge is -2.18. The van der Waals surface area contributed by atoms with Gasteiger partial charge in [-0.3, -0.25) is 0 Å². The average Bonchev–Trinajstić information content (AvgIpc) is 2.27. The van der Waals surface area contributed by atoms with Crippen LogP contribution in [-0.4, -0.2) is 38.7 Å². The fourth-order valence-electron chi connectivity index (χ4n) is 1.91. The molecular formula is C14H24N2O. The lowest BCUT2D eigenvalue weighted by Crippen LogP contribution is -2.24. The maximum absolute atomic E-state index is 5.87. The van der Waals surface area contributed by atoms with Crippen LogP contribution in [0.3, 0.4) is 0 Å². The van der Waals surface area contributed by atoms with Crippen molar-refractivity contribution < 1.29 is 4.74 Å². The molecule has 1 aromatic rings. The van der Waals surface area contributed by atoms with Gasteiger partial charge in [0.1, 0.15) is 5.75 Å². The third kappa shape index (κ3) is 5.20. The number of nitrogens with two attached hydrogens (primary N) is 1. The zero-order valence-electron chi connectivity index (χ0n) is 11.1. The molecular weight excluding hydrogens is 212 g/mol. The molecule has 1 unspecified atom stereocenters. The first kappa shape index (κ1) is 14.0. The van der Waals surface area contributed by atoms with Crippen molar-refractivity contribution in [1.82, 2.24) is 4.90 Å². The fourth-order valence-corrected chi connectivity index (χ4v) is 1.91. The Hall–Kier alpha value is -1.06. The standard InChI is InChI=1S/C14H24N2O/c1-12(10-16(2)3)11-17-14-7-5-4-6-13(14)8-9-15/h4-7,12H,8-11,15H2,1-3H3. The first-order valence-corrected chi connectivity index (χ1v) is 6.19. The second-order valence-corrected chi connectivity index (χ2v) is 4.82. The van der Waals surface area contributed by atoms with Crippen molar-refractivity contribution in [2.45, 2.75) is 13.3 Å². The molecule has 1 rings (SSSR count). The van der Waals surface area contributed by atoms with Crippen molar-refractivity contribution >= 4 is 0 Å². The van der Waals surface area contributed by atoms with E-state index in [4.69, 9.17) is 10.5 Å². The molecule has 1 aromatic carbocycles. The summed E-state index contributed by atoms with van der Waals surface area (Å²) in [6, 6.07) is 8.14. The van der Waals surface area contributed by atoms with Crippen molar-refractivity contribution in [3.05, 3.63) is 29.8 Å². The van der Waals surface area contributed by atoms with Crippen LogP contribution in [0.5, 0.6) is 5.75 Å². The van der Waals surface area contributed by atoms with Gasteiger partial charge < -0.3 is 15.4 Å². The Labute approximate surface area is 105 Å². The van der Waals surface area contributed by atoms with Gasteiger partial charge >= 0.3 is 0 Å². The zero-order chi connectivity index (χ0) is 12.7. The van der Waals surface area contributed by atoms with Gasteiger partial charge in [0.25, 0.3) is 0 Å². The monoisotopic (exact) mass is 236 g/mol. The number of nitrogens with zero attached hydrogens (tertiary/aromatic N) is 1. The van der Waals surface area contributed by atoms with Gasteiger partial charge in [-0.2, -0.15) is 0 Å². The molecule has 3 heteroatoms. The highest BCUT2D eigenvalue weighted by molar-refractivity contribution is 5.33. The maximum Gasteiger partial charge on any atom is 0.122 e. The van der Waals surface area contributed by atoms with E-state index >= 15 is 0 Å². The first-order chi connectivity index (χ1) is 8.13. The summed E-state index contributed by atoms with van der Waals surface area (Å²) in [6.45, 7) is 4.65. The summed E-state index contributed by atoms with van der Waals surface area (Å²) in [5, 5.41) is 0. The molecule has 0 spiro atoms. The van der Waals surface area contributed by atoms with E-state index < -0.39 is 0 Å². The third-order valence-electron chi connectivity index (χ3n) is 2.59. The minimum atomic E-state index is 0.524. The minimum Gasteiger partial charge on any atom is -0.493 e. The van der Waals surface area contributed by atoms with Crippen molar-refractivity contribution in [1.29, 1.82) is 0 Å². The molecule has 0 radical (unpaired) electrons. The summed E-state index contributed by atoms with van der Waals surface area (Å²) < 4.78 is 5.87. The molecule has 1 atom stereocenters. The quantitative estimate of drug-likeness (QED) is 0.784. The van der Waals surface area contributed by atoms with Gasteiger partial charge in [0.05, 0.1) is 6.61 Å². The van der Waals surface area contributed by atoms with Crippen LogP contribution in [-0.2, 0) is 6.42 Å². The number of ether oxygens (including phenoxy) is 1. The summed E-state index contributed by atoms with van der Waals surface area (Å²) >= 11 is 0. The predicted octanol–water partition coefficient (Wildman–Crippen LogP) is 1.76. The second-order valence-electron chi connectivity index (χ2n) is 4.82. The van der Waals surface area contributed by atoms with E-state index in [1.54, 1.807) is 0 Å². The molecule has 2 N–H and O–H groups in total. The molecule has 0 aliphatic rings. The summed E-state index contributed by atoms with van der Waals surface area (Å²) in [7, 11) is 4.16. The molecule has 0 amide bonds. The Morgan fingerprint density at radius 2 is 2.00 bits per heavy atom. The summed E-state index contributed by atoms with van der Waals surface area (Å²) in [5.74, 6) is 1.50. The fraction of sp³-hybridized carbons (Fsp3) is 0.571. The number of hydrogen-bond acceptors (Lipinski definition) is 3. The number of hydrogen-bond donors (Lipinski definition) is 1. The Balaban J connectivity index is 2.50. The van der Waals surface area contributed by atoms with Crippen LogP contribution in [0, 0.1) is 5.92 Å². The second kappa shape index (κ2) is 7.30. The zero-order valence-corrected chi connectivity index (χ0v) is 11.1. The number of benzene rings is 1. The molecule has 96 valence electrons. The van der Waals surface area contributed by atoms with E-state index in [-0.39, 0.29) is 0 Å². The third-order valence-corrected chi connectivity index (χ3v) is 2.59. The Morgan fingerprint density at radius 1 is 1.29 bits per heavy atom. The molecule has 0 aromatic heterocycles. The van der Waals surface area contributed by atoms with Gasteiger partial charge in [-0.15, -0.1) is 0 Å². The molecule has 3 nitrogen and oxygen atoms in total. The first-order valence-electron chi connectivity index (χ1n) is 6.19. The number of rotatable bonds is 7. The molecule has 0 aliphatic carbocycles. The maximum atomic E-state index is 5.87. The molecule has 0 fully saturated rings. The normalized spacial score (nSPS) is 12.8. The molecule has 0 bridgehead atoms. The van der Waals surface area contributed by atoms with Gasteiger partial charge in [0.15, 0.2) is 0 Å². The van der Waals surface area contributed by atoms with Crippen LogP contribution in [0.2, 0.25) is 0 Å². The largest absolute Gasteiger partial charge is 0.493 e. The van der Waals surface area contributed by atoms with Gasteiger partial charge in [-0.25, -0.2) is 0 Å². The summed E-state index contributed by atoms with van der Waals surface area (Å²) in [4.78, 5) is 2.18. The van der Waals surface area contributed by atoms with Gasteiger partial charge in [-0.1, -0.05) is 25.1 Å². The van der Waals surface area contributed by atoms with Gasteiger partial charge in [0, 0.05) is 12.5 Å². The van der Waals surface area contributed by atoms with Crippen LogP contribution in [0.25, 0.3) is 0 Å². The summed E-state index contributed by atoms with van der Waals surface area (Å²) in [6.07, 6.45) is 0.873. The van der Waals surface area contributed by atoms with Crippen molar-refractivity contribution in [2.75, 3.05) is 33.8 Å². The van der Waals surface area contributed by atoms with Crippen LogP contribution < -0.4 is 10.5 Å². The molecule has 0 aliphatic heterocycles. The average molecular weight is 236 g/mol. The van der Waals surface area contributed by atoms with Crippen LogP contribution in [0.1, 0.15) is 12.5 Å². The molecule has 0 saturated heterocycles. The van der Waals surface area contributed by atoms with Crippen molar-refractivity contribution in [3.63, 3.8) is 0 Å². The molecule has 0 heterocycles. The lowest BCUT2D eigenvalue weighted by atomic mass is 10.1. The Morgan fingerprint density at radius 3 is 2.65 bits per heavy atom. The molecule has 0 saturated carbocycles. The topological polar surface area (TPSA) is 38.5 Å². The SMILES string of the molecule is CC(COc1ccccc1CCN)CN(C)C.